The number of nitrogens with two attached hydrogens (primary N) is 1. The molecular formula is C10H19N3O5S. The summed E-state index contributed by atoms with van der Waals surface area (Å²) in [5, 5.41) is 8.57. The van der Waals surface area contributed by atoms with Crippen molar-refractivity contribution in [1.82, 2.24) is 9.62 Å². The normalized spacial score (nSPS) is 19.2. The van der Waals surface area contributed by atoms with Gasteiger partial charge in [0, 0.05) is 19.1 Å². The van der Waals surface area contributed by atoms with Gasteiger partial charge in [-0.1, -0.05) is 0 Å². The fourth-order valence-electron chi connectivity index (χ4n) is 2.03. The van der Waals surface area contributed by atoms with E-state index >= 15 is 0 Å². The Balaban J connectivity index is 2.45. The van der Waals surface area contributed by atoms with Crippen LogP contribution in [0.25, 0.3) is 0 Å². The molecule has 8 nitrogen and oxygen atoms in total. The molecule has 0 radical (unpaired) electrons. The Hall–Kier alpha value is -1.19. The van der Waals surface area contributed by atoms with Crippen LogP contribution in [0.1, 0.15) is 19.3 Å². The standard InChI is InChI=1S/C10H19N3O5S/c1-19(17,18)12-7-2-4-13(5-3-7)10(16)8(11)6-9(14)15/h7-8,12H,2-6,11H2,1H3,(H,14,15). The molecule has 19 heavy (non-hydrogen) atoms. The van der Waals surface area contributed by atoms with Gasteiger partial charge in [0.25, 0.3) is 0 Å². The van der Waals surface area contributed by atoms with Crippen LogP contribution in [0.15, 0.2) is 0 Å². The summed E-state index contributed by atoms with van der Waals surface area (Å²) in [6, 6.07) is -1.23. The smallest absolute Gasteiger partial charge is 0.305 e. The van der Waals surface area contributed by atoms with Crippen molar-refractivity contribution in [1.29, 1.82) is 0 Å². The minimum Gasteiger partial charge on any atom is -0.481 e. The molecule has 1 fully saturated rings. The third kappa shape index (κ3) is 5.53. The molecule has 1 amide bonds. The average Bonchev–Trinajstić information content (AvgIpc) is 2.26. The van der Waals surface area contributed by atoms with Crippen LogP contribution in [-0.2, 0) is 19.6 Å². The summed E-state index contributed by atoms with van der Waals surface area (Å²) in [5.74, 6) is -1.52. The van der Waals surface area contributed by atoms with E-state index in [1.165, 1.54) is 4.90 Å². The zero-order chi connectivity index (χ0) is 14.6. The highest BCUT2D eigenvalue weighted by atomic mass is 32.2. The van der Waals surface area contributed by atoms with Crippen molar-refractivity contribution < 1.29 is 23.1 Å². The Morgan fingerprint density at radius 2 is 1.95 bits per heavy atom. The Bertz CT molecular complexity index is 442. The summed E-state index contributed by atoms with van der Waals surface area (Å²) in [6.45, 7) is 0.749. The molecule has 1 rings (SSSR count). The molecule has 9 heteroatoms. The molecule has 0 aromatic heterocycles. The molecule has 0 aromatic rings. The number of nitrogens with one attached hydrogen (secondary N) is 1. The summed E-state index contributed by atoms with van der Waals surface area (Å²) in [7, 11) is -3.25. The number of carbonyl (C=O) groups excluding carboxylic acids is 1. The Kier molecular flexibility index (Phi) is 5.27. The lowest BCUT2D eigenvalue weighted by Crippen LogP contribution is -2.51. The van der Waals surface area contributed by atoms with Gasteiger partial charge in [-0.05, 0) is 12.8 Å². The van der Waals surface area contributed by atoms with Crippen LogP contribution in [0.3, 0.4) is 0 Å². The number of nitrogens with zero attached hydrogens (tertiary/aromatic N) is 1. The third-order valence-electron chi connectivity index (χ3n) is 2.90. The first-order chi connectivity index (χ1) is 8.69. The minimum atomic E-state index is -3.25. The van der Waals surface area contributed by atoms with Crippen molar-refractivity contribution in [3.63, 3.8) is 0 Å². The number of hydrogen-bond acceptors (Lipinski definition) is 5. The van der Waals surface area contributed by atoms with Crippen LogP contribution in [0.4, 0.5) is 0 Å². The largest absolute Gasteiger partial charge is 0.481 e. The monoisotopic (exact) mass is 293 g/mol. The van der Waals surface area contributed by atoms with Gasteiger partial charge in [0.15, 0.2) is 0 Å². The second kappa shape index (κ2) is 6.31. The number of piperidine rings is 1. The topological polar surface area (TPSA) is 130 Å². The lowest BCUT2D eigenvalue weighted by Gasteiger charge is -2.33. The van der Waals surface area contributed by atoms with Crippen molar-refractivity contribution in [3.05, 3.63) is 0 Å². The van der Waals surface area contributed by atoms with Gasteiger partial charge >= 0.3 is 5.97 Å². The first-order valence-corrected chi connectivity index (χ1v) is 7.81. The predicted octanol–water partition coefficient (Wildman–Crippen LogP) is -1.67. The van der Waals surface area contributed by atoms with Gasteiger partial charge in [0.05, 0.1) is 18.7 Å². The summed E-state index contributed by atoms with van der Waals surface area (Å²) >= 11 is 0. The molecule has 1 aliphatic heterocycles. The molecule has 1 heterocycles. The summed E-state index contributed by atoms with van der Waals surface area (Å²) < 4.78 is 24.6. The number of carboxylic acids is 1. The number of aliphatic carboxylic acids is 1. The molecular weight excluding hydrogens is 274 g/mol. The Labute approximate surface area is 112 Å². The second-order valence-electron chi connectivity index (χ2n) is 4.69. The summed E-state index contributed by atoms with van der Waals surface area (Å²) in [6.07, 6.45) is 1.69. The lowest BCUT2D eigenvalue weighted by atomic mass is 10.0. The first kappa shape index (κ1) is 15.9. The van der Waals surface area contributed by atoms with Gasteiger partial charge in [-0.3, -0.25) is 9.59 Å². The van der Waals surface area contributed by atoms with E-state index in [0.29, 0.717) is 25.9 Å². The van der Waals surface area contributed by atoms with E-state index < -0.39 is 34.4 Å². The van der Waals surface area contributed by atoms with Crippen molar-refractivity contribution in [3.8, 4) is 0 Å². The number of rotatable bonds is 5. The molecule has 1 unspecified atom stereocenters. The molecule has 0 aromatic carbocycles. The van der Waals surface area contributed by atoms with Crippen LogP contribution >= 0.6 is 0 Å². The molecule has 4 N–H and O–H groups in total. The number of carbonyl (C=O) groups is 2. The highest BCUT2D eigenvalue weighted by Crippen LogP contribution is 2.12. The first-order valence-electron chi connectivity index (χ1n) is 5.92. The fraction of sp³-hybridized carbons (Fsp3) is 0.800. The average molecular weight is 293 g/mol. The highest BCUT2D eigenvalue weighted by molar-refractivity contribution is 7.88. The highest BCUT2D eigenvalue weighted by Gasteiger charge is 2.28. The molecule has 0 saturated carbocycles. The number of carboxylic acid groups (broad SMARTS) is 1. The quantitative estimate of drug-likeness (QED) is 0.555. The lowest BCUT2D eigenvalue weighted by molar-refractivity contribution is -0.142. The van der Waals surface area contributed by atoms with Gasteiger partial charge in [0.2, 0.25) is 15.9 Å². The molecule has 1 aliphatic rings. The van der Waals surface area contributed by atoms with Crippen molar-refractivity contribution in [2.24, 2.45) is 5.73 Å². The SMILES string of the molecule is CS(=O)(=O)NC1CCN(C(=O)C(N)CC(=O)O)CC1. The zero-order valence-corrected chi connectivity index (χ0v) is 11.5. The minimum absolute atomic E-state index is 0.185. The van der Waals surface area contributed by atoms with E-state index in [1.54, 1.807) is 0 Å². The van der Waals surface area contributed by atoms with Gasteiger partial charge in [0.1, 0.15) is 0 Å². The van der Waals surface area contributed by atoms with Gasteiger partial charge in [-0.2, -0.15) is 0 Å². The number of sulfonamides is 1. The Morgan fingerprint density at radius 3 is 2.37 bits per heavy atom. The van der Waals surface area contributed by atoms with Crippen molar-refractivity contribution in [2.45, 2.75) is 31.3 Å². The molecule has 1 atom stereocenters. The summed E-state index contributed by atoms with van der Waals surface area (Å²) in [5.41, 5.74) is 5.50. The van der Waals surface area contributed by atoms with Crippen LogP contribution in [0, 0.1) is 0 Å². The van der Waals surface area contributed by atoms with E-state index in [0.717, 1.165) is 6.26 Å². The van der Waals surface area contributed by atoms with Gasteiger partial charge in [-0.15, -0.1) is 0 Å². The van der Waals surface area contributed by atoms with E-state index in [2.05, 4.69) is 4.72 Å². The number of likely N-dealkylation sites (tertiary alicyclic amines) is 1. The zero-order valence-electron chi connectivity index (χ0n) is 10.7. The fourth-order valence-corrected chi connectivity index (χ4v) is 2.87. The third-order valence-corrected chi connectivity index (χ3v) is 3.66. The van der Waals surface area contributed by atoms with Gasteiger partial charge < -0.3 is 15.7 Å². The van der Waals surface area contributed by atoms with Crippen molar-refractivity contribution in [2.75, 3.05) is 19.3 Å². The van der Waals surface area contributed by atoms with Crippen LogP contribution < -0.4 is 10.5 Å². The second-order valence-corrected chi connectivity index (χ2v) is 6.47. The van der Waals surface area contributed by atoms with E-state index in [9.17, 15) is 18.0 Å². The Morgan fingerprint density at radius 1 is 1.42 bits per heavy atom. The van der Waals surface area contributed by atoms with E-state index in [4.69, 9.17) is 10.8 Å². The summed E-state index contributed by atoms with van der Waals surface area (Å²) in [4.78, 5) is 23.8. The van der Waals surface area contributed by atoms with Crippen molar-refractivity contribution >= 4 is 21.9 Å². The van der Waals surface area contributed by atoms with E-state index in [1.807, 2.05) is 0 Å². The predicted molar refractivity (Wildman–Crippen MR) is 67.8 cm³/mol. The number of hydrogen-bond donors (Lipinski definition) is 3. The maximum Gasteiger partial charge on any atom is 0.305 e. The molecule has 0 spiro atoms. The van der Waals surface area contributed by atoms with E-state index in [-0.39, 0.29) is 6.04 Å². The maximum absolute atomic E-state index is 11.8. The van der Waals surface area contributed by atoms with Crippen LogP contribution in [0.5, 0.6) is 0 Å². The molecule has 1 saturated heterocycles. The molecule has 0 aliphatic carbocycles. The van der Waals surface area contributed by atoms with Crippen LogP contribution in [-0.4, -0.2) is 61.7 Å². The van der Waals surface area contributed by atoms with Crippen LogP contribution in [0.2, 0.25) is 0 Å². The molecule has 110 valence electrons. The number of amides is 1. The molecule has 0 bridgehead atoms. The maximum atomic E-state index is 11.8. The van der Waals surface area contributed by atoms with Gasteiger partial charge in [-0.25, -0.2) is 13.1 Å².